The second-order valence-electron chi connectivity index (χ2n) is 5.94. The van der Waals surface area contributed by atoms with Gasteiger partial charge >= 0.3 is 5.69 Å². The molecule has 3 aromatic rings. The zero-order valence-electron chi connectivity index (χ0n) is 12.5. The predicted octanol–water partition coefficient (Wildman–Crippen LogP) is 2.03. The topological polar surface area (TPSA) is 83.0 Å². The van der Waals surface area contributed by atoms with Gasteiger partial charge in [0.15, 0.2) is 5.82 Å². The van der Waals surface area contributed by atoms with Gasteiger partial charge in [0.2, 0.25) is 0 Å². The second kappa shape index (κ2) is 4.91. The van der Waals surface area contributed by atoms with Crippen LogP contribution < -0.4 is 11.2 Å². The average Bonchev–Trinajstić information content (AvgIpc) is 3.23. The quantitative estimate of drug-likeness (QED) is 0.776. The molecule has 1 saturated carbocycles. The third-order valence-corrected chi connectivity index (χ3v) is 4.54. The van der Waals surface area contributed by atoms with Crippen molar-refractivity contribution in [3.05, 3.63) is 56.7 Å². The molecule has 0 aromatic carbocycles. The van der Waals surface area contributed by atoms with Crippen molar-refractivity contribution in [1.29, 1.82) is 0 Å². The lowest BCUT2D eigenvalue weighted by Gasteiger charge is -2.08. The first-order valence-electron chi connectivity index (χ1n) is 7.58. The molecule has 4 rings (SSSR count). The van der Waals surface area contributed by atoms with Crippen molar-refractivity contribution >= 4 is 5.52 Å². The summed E-state index contributed by atoms with van der Waals surface area (Å²) >= 11 is 0. The standard InChI is InChI=1S/C16H15FN4O2/c1-2-8-5-9(8)10-6-13(11-7-18-16(23)19-15(11)22)20-21-4-3-12(17)14(10)21/h3-4,6-9H,2,5H2,1H3,(H2,18,19,22,23)/t8-,9-/m0/s1. The maximum atomic E-state index is 14.1. The number of H-pyrrole nitrogens is 2. The predicted molar refractivity (Wildman–Crippen MR) is 83.0 cm³/mol. The summed E-state index contributed by atoms with van der Waals surface area (Å²) in [5.41, 5.74) is 0.936. The van der Waals surface area contributed by atoms with Gasteiger partial charge in [0.25, 0.3) is 5.56 Å². The van der Waals surface area contributed by atoms with Crippen LogP contribution in [0.2, 0.25) is 0 Å². The lowest BCUT2D eigenvalue weighted by molar-refractivity contribution is 0.637. The third kappa shape index (κ3) is 2.19. The largest absolute Gasteiger partial charge is 0.325 e. The highest BCUT2D eigenvalue weighted by Gasteiger charge is 2.38. The SMILES string of the molecule is CC[C@H]1C[C@@H]1c1cc(-c2c[nH]c(=O)[nH]c2=O)nn2ccc(F)c12. The van der Waals surface area contributed by atoms with E-state index < -0.39 is 11.2 Å². The molecule has 0 aliphatic heterocycles. The molecule has 2 atom stereocenters. The molecule has 23 heavy (non-hydrogen) atoms. The average molecular weight is 314 g/mol. The van der Waals surface area contributed by atoms with E-state index in [1.54, 1.807) is 12.3 Å². The molecule has 3 aromatic heterocycles. The zero-order valence-corrected chi connectivity index (χ0v) is 12.5. The number of fused-ring (bicyclic) bond motifs is 1. The fourth-order valence-electron chi connectivity index (χ4n) is 3.21. The van der Waals surface area contributed by atoms with Crippen LogP contribution in [-0.2, 0) is 0 Å². The highest BCUT2D eigenvalue weighted by atomic mass is 19.1. The highest BCUT2D eigenvalue weighted by molar-refractivity contribution is 5.66. The van der Waals surface area contributed by atoms with Gasteiger partial charge in [-0.05, 0) is 36.0 Å². The van der Waals surface area contributed by atoms with Crippen molar-refractivity contribution < 1.29 is 4.39 Å². The Labute approximate surface area is 130 Å². The van der Waals surface area contributed by atoms with Gasteiger partial charge in [0.1, 0.15) is 5.52 Å². The van der Waals surface area contributed by atoms with Gasteiger partial charge in [-0.15, -0.1) is 0 Å². The van der Waals surface area contributed by atoms with Crippen molar-refractivity contribution in [1.82, 2.24) is 19.6 Å². The first-order chi connectivity index (χ1) is 11.1. The Morgan fingerprint density at radius 3 is 2.96 bits per heavy atom. The number of aromatic nitrogens is 4. The van der Waals surface area contributed by atoms with E-state index in [1.165, 1.54) is 16.8 Å². The van der Waals surface area contributed by atoms with Gasteiger partial charge in [-0.25, -0.2) is 13.7 Å². The molecular formula is C16H15FN4O2. The Bertz CT molecular complexity index is 1020. The lowest BCUT2D eigenvalue weighted by Crippen LogP contribution is -2.23. The third-order valence-electron chi connectivity index (χ3n) is 4.54. The Balaban J connectivity index is 1.95. The van der Waals surface area contributed by atoms with Crippen LogP contribution in [0, 0.1) is 11.7 Å². The van der Waals surface area contributed by atoms with Crippen molar-refractivity contribution in [2.75, 3.05) is 0 Å². The van der Waals surface area contributed by atoms with E-state index in [4.69, 9.17) is 0 Å². The van der Waals surface area contributed by atoms with Crippen LogP contribution in [0.3, 0.4) is 0 Å². The molecule has 1 fully saturated rings. The van der Waals surface area contributed by atoms with Crippen LogP contribution >= 0.6 is 0 Å². The molecule has 3 heterocycles. The summed E-state index contributed by atoms with van der Waals surface area (Å²) in [5.74, 6) is 0.517. The minimum Gasteiger partial charge on any atom is -0.313 e. The van der Waals surface area contributed by atoms with Gasteiger partial charge in [-0.3, -0.25) is 9.78 Å². The number of hydrogen-bond acceptors (Lipinski definition) is 3. The summed E-state index contributed by atoms with van der Waals surface area (Å²) in [6, 6.07) is 3.14. The molecule has 118 valence electrons. The smallest absolute Gasteiger partial charge is 0.313 e. The summed E-state index contributed by atoms with van der Waals surface area (Å²) in [6.45, 7) is 2.12. The molecule has 0 radical (unpaired) electrons. The minimum atomic E-state index is -0.569. The zero-order chi connectivity index (χ0) is 16.1. The molecule has 0 spiro atoms. The maximum Gasteiger partial charge on any atom is 0.325 e. The van der Waals surface area contributed by atoms with E-state index in [-0.39, 0.29) is 17.3 Å². The van der Waals surface area contributed by atoms with Crippen LogP contribution in [0.5, 0.6) is 0 Å². The molecule has 6 nitrogen and oxygen atoms in total. The summed E-state index contributed by atoms with van der Waals surface area (Å²) in [6.07, 6.45) is 4.93. The fraction of sp³-hybridized carbons (Fsp3) is 0.312. The summed E-state index contributed by atoms with van der Waals surface area (Å²) in [5, 5.41) is 4.31. The Morgan fingerprint density at radius 2 is 2.26 bits per heavy atom. The fourth-order valence-corrected chi connectivity index (χ4v) is 3.21. The summed E-state index contributed by atoms with van der Waals surface area (Å²) in [4.78, 5) is 27.8. The number of aromatic amines is 2. The van der Waals surface area contributed by atoms with Crippen molar-refractivity contribution in [2.45, 2.75) is 25.7 Å². The first-order valence-corrected chi connectivity index (χ1v) is 7.58. The molecule has 0 bridgehead atoms. The Hall–Kier alpha value is -2.70. The van der Waals surface area contributed by atoms with Crippen LogP contribution in [-0.4, -0.2) is 19.6 Å². The number of rotatable bonds is 3. The van der Waals surface area contributed by atoms with Crippen LogP contribution in [0.4, 0.5) is 4.39 Å². The molecule has 7 heteroatoms. The number of nitrogens with one attached hydrogen (secondary N) is 2. The Morgan fingerprint density at radius 1 is 1.43 bits per heavy atom. The normalized spacial score (nSPS) is 20.1. The van der Waals surface area contributed by atoms with E-state index >= 15 is 0 Å². The molecule has 2 N–H and O–H groups in total. The monoisotopic (exact) mass is 314 g/mol. The van der Waals surface area contributed by atoms with Gasteiger partial charge in [-0.1, -0.05) is 13.3 Å². The minimum absolute atomic E-state index is 0.260. The molecule has 0 unspecified atom stereocenters. The van der Waals surface area contributed by atoms with Crippen molar-refractivity contribution in [3.8, 4) is 11.3 Å². The maximum absolute atomic E-state index is 14.1. The number of hydrogen-bond donors (Lipinski definition) is 2. The molecule has 0 saturated heterocycles. The Kier molecular flexibility index (Phi) is 2.97. The van der Waals surface area contributed by atoms with Gasteiger partial charge in [0, 0.05) is 12.4 Å². The van der Waals surface area contributed by atoms with Gasteiger partial charge in [0.05, 0.1) is 11.3 Å². The van der Waals surface area contributed by atoms with E-state index in [1.807, 2.05) is 0 Å². The van der Waals surface area contributed by atoms with Gasteiger partial charge in [-0.2, -0.15) is 5.10 Å². The number of halogens is 1. The van der Waals surface area contributed by atoms with Crippen molar-refractivity contribution in [3.63, 3.8) is 0 Å². The molecule has 1 aliphatic carbocycles. The summed E-state index contributed by atoms with van der Waals surface area (Å²) < 4.78 is 15.6. The molecule has 0 amide bonds. The second-order valence-corrected chi connectivity index (χ2v) is 5.94. The lowest BCUT2D eigenvalue weighted by atomic mass is 10.1. The van der Waals surface area contributed by atoms with Crippen LogP contribution in [0.15, 0.2) is 34.1 Å². The first kappa shape index (κ1) is 13.9. The number of nitrogens with zero attached hydrogens (tertiary/aromatic N) is 2. The van der Waals surface area contributed by atoms with Crippen molar-refractivity contribution in [2.24, 2.45) is 5.92 Å². The van der Waals surface area contributed by atoms with E-state index in [2.05, 4.69) is 22.0 Å². The van der Waals surface area contributed by atoms with Crippen LogP contribution in [0.1, 0.15) is 31.2 Å². The van der Waals surface area contributed by atoms with E-state index in [0.717, 1.165) is 18.4 Å². The van der Waals surface area contributed by atoms with Crippen LogP contribution in [0.25, 0.3) is 16.8 Å². The van der Waals surface area contributed by atoms with E-state index in [0.29, 0.717) is 17.1 Å². The van der Waals surface area contributed by atoms with E-state index in [9.17, 15) is 14.0 Å². The molecule has 1 aliphatic rings. The van der Waals surface area contributed by atoms with Gasteiger partial charge < -0.3 is 4.98 Å². The molecular weight excluding hydrogens is 299 g/mol. The summed E-state index contributed by atoms with van der Waals surface area (Å²) in [7, 11) is 0. The highest BCUT2D eigenvalue weighted by Crippen LogP contribution is 2.51.